The molecule has 0 heterocycles. The fourth-order valence-electron chi connectivity index (χ4n) is 5.94. The van der Waals surface area contributed by atoms with Gasteiger partial charge >= 0.3 is 0 Å². The van der Waals surface area contributed by atoms with E-state index in [-0.39, 0.29) is 0 Å². The highest BCUT2D eigenvalue weighted by atomic mass is 28.4. The second-order valence-electron chi connectivity index (χ2n) is 11.2. The van der Waals surface area contributed by atoms with Crippen LogP contribution in [0.25, 0.3) is 0 Å². The van der Waals surface area contributed by atoms with E-state index in [1.54, 1.807) is 0 Å². The maximum Gasteiger partial charge on any atom is 0.243 e. The fraction of sp³-hybridized carbons (Fsp3) is 0.800. The highest BCUT2D eigenvalue weighted by molar-refractivity contribution is 6.71. The normalized spacial score (nSPS) is 31.9. The van der Waals surface area contributed by atoms with Gasteiger partial charge in [-0.3, -0.25) is 4.99 Å². The zero-order valence-electron chi connectivity index (χ0n) is 19.8. The van der Waals surface area contributed by atoms with E-state index in [1.807, 2.05) is 0 Å². The van der Waals surface area contributed by atoms with Gasteiger partial charge in [-0.05, 0) is 109 Å². The second-order valence-corrected chi connectivity index (χ2v) is 15.6. The van der Waals surface area contributed by atoms with Crippen molar-refractivity contribution in [3.8, 4) is 0 Å². The van der Waals surface area contributed by atoms with Crippen LogP contribution in [0.1, 0.15) is 65.7 Å². The Balaban J connectivity index is 1.54. The third-order valence-corrected chi connectivity index (χ3v) is 7.79. The number of allylic oxidation sites excluding steroid dienone is 3. The summed E-state index contributed by atoms with van der Waals surface area (Å²) in [6.07, 6.45) is 14.2. The van der Waals surface area contributed by atoms with Crippen molar-refractivity contribution in [2.24, 2.45) is 28.7 Å². The van der Waals surface area contributed by atoms with E-state index in [1.165, 1.54) is 43.3 Å². The Hall–Kier alpha value is -0.873. The number of aliphatic imine (C=N–C) groups is 1. The Kier molecular flexibility index (Phi) is 7.83. The summed E-state index contributed by atoms with van der Waals surface area (Å²) in [7, 11) is -1.65. The number of nitrogens with zero attached hydrogens (tertiary/aromatic N) is 1. The van der Waals surface area contributed by atoms with Gasteiger partial charge in [-0.2, -0.15) is 0 Å². The van der Waals surface area contributed by atoms with Crippen LogP contribution in [0.5, 0.6) is 0 Å². The molecule has 0 aliphatic heterocycles. The van der Waals surface area contributed by atoms with Gasteiger partial charge < -0.3 is 9.74 Å². The van der Waals surface area contributed by atoms with Gasteiger partial charge in [-0.1, -0.05) is 23.3 Å². The summed E-state index contributed by atoms with van der Waals surface area (Å²) in [6, 6.07) is 0.694. The monoisotopic (exact) mass is 416 g/mol. The first-order chi connectivity index (χ1) is 13.7. The molecular formula is C25H44N2OSi. The van der Waals surface area contributed by atoms with E-state index >= 15 is 0 Å². The van der Waals surface area contributed by atoms with Crippen molar-refractivity contribution in [3.63, 3.8) is 0 Å². The van der Waals surface area contributed by atoms with Crippen LogP contribution in [-0.4, -0.2) is 33.3 Å². The molecule has 0 unspecified atom stereocenters. The molecule has 4 fully saturated rings. The standard InChI is InChI=1S/C25H44N2OSi/c1-18(2)8-7-9-19(3)10-11-26-24(28-29(4,5)6)17-27-25-22-13-20-12-21(15-22)16-23(25)14-20/h8,10,20-23,25,27H,7,9,11-17H2,1-6H3/b19-10+,26-24?. The largest absolute Gasteiger partial charge is 0.534 e. The molecule has 3 nitrogen and oxygen atoms in total. The van der Waals surface area contributed by atoms with E-state index in [0.717, 1.165) is 55.5 Å². The third-order valence-electron chi connectivity index (χ3n) is 6.94. The first kappa shape index (κ1) is 22.8. The van der Waals surface area contributed by atoms with Gasteiger partial charge in [0, 0.05) is 6.04 Å². The number of hydrogen-bond acceptors (Lipinski definition) is 3. The van der Waals surface area contributed by atoms with E-state index in [9.17, 15) is 0 Å². The van der Waals surface area contributed by atoms with Crippen molar-refractivity contribution in [3.05, 3.63) is 23.3 Å². The highest BCUT2D eigenvalue weighted by Crippen LogP contribution is 2.53. The molecule has 0 atom stereocenters. The van der Waals surface area contributed by atoms with Gasteiger partial charge in [0.05, 0.1) is 13.1 Å². The van der Waals surface area contributed by atoms with Gasteiger partial charge in [0.1, 0.15) is 0 Å². The first-order valence-corrected chi connectivity index (χ1v) is 15.3. The molecular weight excluding hydrogens is 372 g/mol. The lowest BCUT2D eigenvalue weighted by molar-refractivity contribution is -0.0122. The van der Waals surface area contributed by atoms with Crippen molar-refractivity contribution < 1.29 is 4.43 Å². The van der Waals surface area contributed by atoms with E-state index in [2.05, 4.69) is 57.9 Å². The molecule has 0 amide bonds. The maximum absolute atomic E-state index is 6.36. The zero-order valence-corrected chi connectivity index (χ0v) is 20.8. The summed E-state index contributed by atoms with van der Waals surface area (Å²) in [4.78, 5) is 4.87. The number of hydrogen-bond donors (Lipinski definition) is 1. The van der Waals surface area contributed by atoms with Gasteiger partial charge in [-0.15, -0.1) is 0 Å². The van der Waals surface area contributed by atoms with Gasteiger partial charge in [-0.25, -0.2) is 0 Å². The second kappa shape index (κ2) is 9.96. The SMILES string of the molecule is CC(C)=CCC/C(C)=C/CN=C(CNC1C2CC3CC(C2)CC1C3)O[Si](C)(C)C. The van der Waals surface area contributed by atoms with Crippen LogP contribution in [0.3, 0.4) is 0 Å². The molecule has 4 saturated carbocycles. The number of rotatable bonds is 9. The van der Waals surface area contributed by atoms with Gasteiger partial charge in [0.2, 0.25) is 8.32 Å². The Labute approximate surface area is 180 Å². The summed E-state index contributed by atoms with van der Waals surface area (Å²) in [5.74, 6) is 4.79. The molecule has 0 saturated heterocycles. The molecule has 4 aliphatic carbocycles. The topological polar surface area (TPSA) is 33.6 Å². The van der Waals surface area contributed by atoms with Crippen LogP contribution < -0.4 is 5.32 Å². The summed E-state index contributed by atoms with van der Waals surface area (Å²) in [5.41, 5.74) is 2.82. The predicted octanol–water partition coefficient (Wildman–Crippen LogP) is 6.34. The summed E-state index contributed by atoms with van der Waals surface area (Å²) >= 11 is 0. The number of nitrogens with one attached hydrogen (secondary N) is 1. The van der Waals surface area contributed by atoms with Crippen LogP contribution in [0, 0.1) is 23.7 Å². The first-order valence-electron chi connectivity index (χ1n) is 11.9. The Bertz CT molecular complexity index is 612. The Morgan fingerprint density at radius 1 is 0.966 bits per heavy atom. The van der Waals surface area contributed by atoms with Crippen LogP contribution in [0.2, 0.25) is 19.6 Å². The molecule has 0 radical (unpaired) electrons. The average Bonchev–Trinajstić information content (AvgIpc) is 2.58. The van der Waals surface area contributed by atoms with E-state index in [0.29, 0.717) is 6.04 Å². The molecule has 29 heavy (non-hydrogen) atoms. The molecule has 0 aromatic carbocycles. The van der Waals surface area contributed by atoms with E-state index in [4.69, 9.17) is 9.42 Å². The third kappa shape index (κ3) is 7.10. The molecule has 0 aromatic heterocycles. The molecule has 4 heteroatoms. The van der Waals surface area contributed by atoms with Gasteiger partial charge in [0.25, 0.3) is 0 Å². The fourth-order valence-corrected chi connectivity index (χ4v) is 6.78. The Morgan fingerprint density at radius 2 is 1.59 bits per heavy atom. The van der Waals surface area contributed by atoms with Crippen LogP contribution in [0.15, 0.2) is 28.3 Å². The van der Waals surface area contributed by atoms with Crippen molar-refractivity contribution in [1.29, 1.82) is 0 Å². The van der Waals surface area contributed by atoms with Crippen molar-refractivity contribution in [2.45, 2.75) is 91.4 Å². The van der Waals surface area contributed by atoms with E-state index < -0.39 is 8.32 Å². The zero-order chi connectivity index (χ0) is 21.0. The van der Waals surface area contributed by atoms with Crippen molar-refractivity contribution in [1.82, 2.24) is 5.32 Å². The molecule has 0 aromatic rings. The summed E-state index contributed by atoms with van der Waals surface area (Å²) in [5, 5.41) is 3.91. The summed E-state index contributed by atoms with van der Waals surface area (Å²) in [6.45, 7) is 14.9. The minimum atomic E-state index is -1.65. The van der Waals surface area contributed by atoms with Crippen LogP contribution in [-0.2, 0) is 4.43 Å². The molecule has 164 valence electrons. The van der Waals surface area contributed by atoms with Gasteiger partial charge in [0.15, 0.2) is 5.90 Å². The van der Waals surface area contributed by atoms with Crippen molar-refractivity contribution >= 4 is 14.2 Å². The lowest BCUT2D eigenvalue weighted by atomic mass is 9.54. The minimum Gasteiger partial charge on any atom is -0.534 e. The van der Waals surface area contributed by atoms with Crippen LogP contribution in [0.4, 0.5) is 0 Å². The smallest absolute Gasteiger partial charge is 0.243 e. The molecule has 0 spiro atoms. The molecule has 1 N–H and O–H groups in total. The predicted molar refractivity (Wildman–Crippen MR) is 128 cm³/mol. The lowest BCUT2D eigenvalue weighted by Gasteiger charge is -2.54. The quantitative estimate of drug-likeness (QED) is 0.206. The Morgan fingerprint density at radius 3 is 2.14 bits per heavy atom. The highest BCUT2D eigenvalue weighted by Gasteiger charge is 2.47. The molecule has 4 rings (SSSR count). The average molecular weight is 417 g/mol. The summed E-state index contributed by atoms with van der Waals surface area (Å²) < 4.78 is 6.36. The minimum absolute atomic E-state index is 0.694. The van der Waals surface area contributed by atoms with Crippen molar-refractivity contribution in [2.75, 3.05) is 13.1 Å². The maximum atomic E-state index is 6.36. The lowest BCUT2D eigenvalue weighted by Crippen LogP contribution is -2.55. The molecule has 4 aliphatic rings. The van der Waals surface area contributed by atoms with Crippen LogP contribution >= 0.6 is 0 Å². The molecule has 4 bridgehead atoms.